The van der Waals surface area contributed by atoms with Gasteiger partial charge in [-0.05, 0) is 47.7 Å². The highest BCUT2D eigenvalue weighted by Gasteiger charge is 2.37. The van der Waals surface area contributed by atoms with Gasteiger partial charge in [0.05, 0.1) is 6.20 Å². The number of hydrogen-bond acceptors (Lipinski definition) is 5. The van der Waals surface area contributed by atoms with Gasteiger partial charge in [0.15, 0.2) is 0 Å². The van der Waals surface area contributed by atoms with Crippen molar-refractivity contribution in [3.63, 3.8) is 0 Å². The summed E-state index contributed by atoms with van der Waals surface area (Å²) in [4.78, 5) is 48.9. The van der Waals surface area contributed by atoms with Crippen molar-refractivity contribution in [1.29, 1.82) is 0 Å². The number of carbonyl (C=O) groups is 2. The van der Waals surface area contributed by atoms with E-state index in [9.17, 15) is 14.4 Å². The van der Waals surface area contributed by atoms with Crippen LogP contribution in [0.5, 0.6) is 0 Å². The van der Waals surface area contributed by atoms with Crippen molar-refractivity contribution in [1.82, 2.24) is 19.4 Å². The summed E-state index contributed by atoms with van der Waals surface area (Å²) in [6.07, 6.45) is 5.20. The van der Waals surface area contributed by atoms with E-state index in [1.165, 1.54) is 18.6 Å². The molecule has 2 unspecified atom stereocenters. The fourth-order valence-electron chi connectivity index (χ4n) is 5.43. The second-order valence-corrected chi connectivity index (χ2v) is 9.58. The van der Waals surface area contributed by atoms with Crippen molar-refractivity contribution in [3.8, 4) is 11.1 Å². The van der Waals surface area contributed by atoms with Crippen LogP contribution in [0.15, 0.2) is 90.1 Å². The number of nitrogens with one attached hydrogen (secondary N) is 1. The third-order valence-corrected chi connectivity index (χ3v) is 7.17. The van der Waals surface area contributed by atoms with Crippen molar-refractivity contribution in [2.75, 3.05) is 18.4 Å². The average Bonchev–Trinajstić information content (AvgIpc) is 2.95. The number of aromatic nitrogens is 3. The molecule has 1 saturated heterocycles. The van der Waals surface area contributed by atoms with Crippen LogP contribution >= 0.6 is 0 Å². The molecule has 2 atom stereocenters. The predicted molar refractivity (Wildman–Crippen MR) is 139 cm³/mol. The molecule has 2 bridgehead atoms. The molecule has 8 heteroatoms. The predicted octanol–water partition coefficient (Wildman–Crippen LogP) is 3.82. The summed E-state index contributed by atoms with van der Waals surface area (Å²) in [6.45, 7) is 1.66. The van der Waals surface area contributed by atoms with E-state index in [0.717, 1.165) is 23.2 Å². The van der Waals surface area contributed by atoms with Gasteiger partial charge in [0.25, 0.3) is 17.4 Å². The summed E-state index contributed by atoms with van der Waals surface area (Å²) < 4.78 is 1.75. The van der Waals surface area contributed by atoms with Crippen molar-refractivity contribution in [2.45, 2.75) is 18.9 Å². The quantitative estimate of drug-likeness (QED) is 0.468. The van der Waals surface area contributed by atoms with Gasteiger partial charge in [0.1, 0.15) is 11.4 Å². The number of amides is 2. The van der Waals surface area contributed by atoms with Gasteiger partial charge in [-0.2, -0.15) is 0 Å². The molecular formula is C29H25N5O3. The Morgan fingerprint density at radius 3 is 2.41 bits per heavy atom. The number of rotatable bonds is 4. The molecule has 184 valence electrons. The van der Waals surface area contributed by atoms with E-state index in [2.05, 4.69) is 27.4 Å². The molecule has 1 N–H and O–H groups in total. The molecular weight excluding hydrogens is 466 g/mol. The Hall–Kier alpha value is -4.59. The normalized spacial score (nSPS) is 18.1. The minimum absolute atomic E-state index is 0.0120. The first kappa shape index (κ1) is 22.8. The zero-order chi connectivity index (χ0) is 25.4. The number of likely N-dealkylation sites (tertiary alicyclic amines) is 1. The molecule has 0 saturated carbocycles. The third kappa shape index (κ3) is 4.42. The van der Waals surface area contributed by atoms with E-state index >= 15 is 0 Å². The second-order valence-electron chi connectivity index (χ2n) is 9.58. The summed E-state index contributed by atoms with van der Waals surface area (Å²) in [5.74, 6) is -0.227. The van der Waals surface area contributed by atoms with E-state index < -0.39 is 5.91 Å². The lowest BCUT2D eigenvalue weighted by atomic mass is 9.83. The Morgan fingerprint density at radius 2 is 1.65 bits per heavy atom. The van der Waals surface area contributed by atoms with Crippen LogP contribution in [-0.2, 0) is 6.54 Å². The van der Waals surface area contributed by atoms with Gasteiger partial charge < -0.3 is 14.8 Å². The number of pyridine rings is 1. The van der Waals surface area contributed by atoms with Crippen LogP contribution in [0.1, 0.15) is 38.9 Å². The molecule has 37 heavy (non-hydrogen) atoms. The minimum Gasteiger partial charge on any atom is -0.338 e. The molecule has 4 aromatic rings. The number of hydrogen-bond donors (Lipinski definition) is 1. The maximum Gasteiger partial charge on any atom is 0.276 e. The number of benzene rings is 2. The summed E-state index contributed by atoms with van der Waals surface area (Å²) in [5.41, 5.74) is 3.88. The molecule has 4 heterocycles. The first-order valence-corrected chi connectivity index (χ1v) is 12.3. The molecule has 2 aromatic carbocycles. The van der Waals surface area contributed by atoms with E-state index in [1.807, 2.05) is 53.4 Å². The van der Waals surface area contributed by atoms with E-state index in [-0.39, 0.29) is 34.7 Å². The van der Waals surface area contributed by atoms with Gasteiger partial charge in [0, 0.05) is 49.2 Å². The lowest BCUT2D eigenvalue weighted by Gasteiger charge is -2.43. The van der Waals surface area contributed by atoms with Crippen molar-refractivity contribution in [2.24, 2.45) is 5.92 Å². The zero-order valence-corrected chi connectivity index (χ0v) is 20.1. The maximum atomic E-state index is 13.4. The lowest BCUT2D eigenvalue weighted by molar-refractivity contribution is 0.0594. The van der Waals surface area contributed by atoms with Gasteiger partial charge in [-0.25, -0.2) is 4.98 Å². The van der Waals surface area contributed by atoms with Crippen LogP contribution in [0, 0.1) is 5.92 Å². The number of carbonyl (C=O) groups excluding carboxylic acids is 2. The summed E-state index contributed by atoms with van der Waals surface area (Å²) in [7, 11) is 0. The molecule has 6 rings (SSSR count). The third-order valence-electron chi connectivity index (χ3n) is 7.17. The monoisotopic (exact) mass is 491 g/mol. The van der Waals surface area contributed by atoms with Gasteiger partial charge in [-0.3, -0.25) is 19.4 Å². The topological polar surface area (TPSA) is 97.2 Å². The molecule has 0 radical (unpaired) electrons. The van der Waals surface area contributed by atoms with Gasteiger partial charge >= 0.3 is 0 Å². The van der Waals surface area contributed by atoms with Crippen LogP contribution in [0.25, 0.3) is 11.1 Å². The SMILES string of the molecule is O=C(Nc1ccc2n(c1=O)CC1CC2CN(C(=O)c2ccc(-c3ccccc3)cc2)C1)c1cnccn1. The van der Waals surface area contributed by atoms with Gasteiger partial charge in [0.2, 0.25) is 0 Å². The molecule has 0 aliphatic carbocycles. The average molecular weight is 492 g/mol. The largest absolute Gasteiger partial charge is 0.338 e. The minimum atomic E-state index is -0.475. The molecule has 2 aromatic heterocycles. The standard InChI is InChI=1S/C29H25N5O3/c35-27(25-15-30-12-13-31-25)32-24-10-11-26-23-14-19(17-34(26)29(24)37)16-33(18-23)28(36)22-8-6-21(7-9-22)20-4-2-1-3-5-20/h1-13,15,19,23H,14,16-18H2,(H,32,35). The number of nitrogens with zero attached hydrogens (tertiary/aromatic N) is 4. The summed E-state index contributed by atoms with van der Waals surface area (Å²) in [6, 6.07) is 21.4. The molecule has 2 aliphatic rings. The molecule has 8 nitrogen and oxygen atoms in total. The smallest absolute Gasteiger partial charge is 0.276 e. The first-order valence-electron chi connectivity index (χ1n) is 12.3. The van der Waals surface area contributed by atoms with Crippen molar-refractivity contribution >= 4 is 17.5 Å². The highest BCUT2D eigenvalue weighted by Crippen LogP contribution is 2.36. The van der Waals surface area contributed by atoms with Crippen LogP contribution < -0.4 is 10.9 Å². The Balaban J connectivity index is 1.19. The Labute approximate surface area is 213 Å². The van der Waals surface area contributed by atoms with Crippen LogP contribution in [0.4, 0.5) is 5.69 Å². The highest BCUT2D eigenvalue weighted by molar-refractivity contribution is 6.02. The first-order chi connectivity index (χ1) is 18.1. The van der Waals surface area contributed by atoms with Gasteiger partial charge in [-0.15, -0.1) is 0 Å². The van der Waals surface area contributed by atoms with E-state index in [1.54, 1.807) is 10.6 Å². The number of fused-ring (bicyclic) bond motifs is 4. The molecule has 1 fully saturated rings. The van der Waals surface area contributed by atoms with Crippen LogP contribution in [0.2, 0.25) is 0 Å². The Bertz CT molecular complexity index is 1520. The number of anilines is 1. The van der Waals surface area contributed by atoms with E-state index in [4.69, 9.17) is 0 Å². The highest BCUT2D eigenvalue weighted by atomic mass is 16.2. The maximum absolute atomic E-state index is 13.4. The summed E-state index contributed by atoms with van der Waals surface area (Å²) >= 11 is 0. The molecule has 2 amide bonds. The zero-order valence-electron chi connectivity index (χ0n) is 20.1. The fraction of sp³-hybridized carbons (Fsp3) is 0.207. The Morgan fingerprint density at radius 1 is 0.865 bits per heavy atom. The van der Waals surface area contributed by atoms with Crippen molar-refractivity contribution in [3.05, 3.63) is 113 Å². The Kier molecular flexibility index (Phi) is 5.84. The lowest BCUT2D eigenvalue weighted by Crippen LogP contribution is -2.49. The number of piperidine rings is 1. The second kappa shape index (κ2) is 9.46. The molecule has 0 spiro atoms. The molecule has 2 aliphatic heterocycles. The summed E-state index contributed by atoms with van der Waals surface area (Å²) in [5, 5.41) is 2.67. The van der Waals surface area contributed by atoms with Gasteiger partial charge in [-0.1, -0.05) is 42.5 Å². The van der Waals surface area contributed by atoms with Crippen molar-refractivity contribution < 1.29 is 9.59 Å². The van der Waals surface area contributed by atoms with E-state index in [0.29, 0.717) is 25.2 Å². The van der Waals surface area contributed by atoms with Crippen LogP contribution in [-0.4, -0.2) is 44.3 Å². The fourth-order valence-corrected chi connectivity index (χ4v) is 5.43. The van der Waals surface area contributed by atoms with Crippen LogP contribution in [0.3, 0.4) is 0 Å².